The molecule has 0 atom stereocenters. The highest BCUT2D eigenvalue weighted by Crippen LogP contribution is 2.32. The molecule has 4 rings (SSSR count). The van der Waals surface area contributed by atoms with Gasteiger partial charge in [0.2, 0.25) is 5.91 Å². The molecule has 0 unspecified atom stereocenters. The van der Waals surface area contributed by atoms with E-state index in [-0.39, 0.29) is 23.6 Å². The normalized spacial score (nSPS) is 14.2. The van der Waals surface area contributed by atoms with Crippen LogP contribution in [0.1, 0.15) is 35.8 Å². The number of carbonyl (C=O) groups excluding carboxylic acids is 2. The molecule has 1 saturated heterocycles. The molecular weight excluding hydrogens is 432 g/mol. The number of nitrogens with one attached hydrogen (secondary N) is 1. The second-order valence-corrected chi connectivity index (χ2v) is 8.05. The number of halogens is 1. The zero-order chi connectivity index (χ0) is 22.5. The summed E-state index contributed by atoms with van der Waals surface area (Å²) in [5.74, 6) is 0.284. The van der Waals surface area contributed by atoms with Crippen LogP contribution in [0.4, 0.5) is 0 Å². The van der Waals surface area contributed by atoms with Crippen LogP contribution in [-0.2, 0) is 11.3 Å². The number of nitrogens with zero attached hydrogens (tertiary/aromatic N) is 3. The van der Waals surface area contributed by atoms with Gasteiger partial charge in [-0.2, -0.15) is 0 Å². The van der Waals surface area contributed by atoms with Crippen molar-refractivity contribution in [2.24, 2.45) is 0 Å². The highest BCUT2D eigenvalue weighted by atomic mass is 35.5. The predicted octanol–water partition coefficient (Wildman–Crippen LogP) is 3.71. The highest BCUT2D eigenvalue weighted by molar-refractivity contribution is 6.30. The summed E-state index contributed by atoms with van der Waals surface area (Å²) in [6, 6.07) is 8.90. The average molecular weight is 455 g/mol. The Morgan fingerprint density at radius 3 is 2.62 bits per heavy atom. The molecule has 32 heavy (non-hydrogen) atoms. The van der Waals surface area contributed by atoms with Crippen LogP contribution >= 0.6 is 11.6 Å². The van der Waals surface area contributed by atoms with E-state index in [1.165, 1.54) is 6.26 Å². The fourth-order valence-corrected chi connectivity index (χ4v) is 3.68. The minimum Gasteiger partial charge on any atom is -0.489 e. The summed E-state index contributed by atoms with van der Waals surface area (Å²) in [7, 11) is 0. The third-order valence-electron chi connectivity index (χ3n) is 5.39. The van der Waals surface area contributed by atoms with Crippen molar-refractivity contribution in [1.29, 1.82) is 0 Å². The Labute approximate surface area is 190 Å². The molecule has 0 bridgehead atoms. The number of hydrogen-bond donors (Lipinski definition) is 1. The maximum Gasteiger partial charge on any atom is 0.270 e. The molecule has 9 heteroatoms. The quantitative estimate of drug-likeness (QED) is 0.609. The molecular formula is C23H23ClN4O4. The number of aromatic nitrogens is 2. The van der Waals surface area contributed by atoms with Gasteiger partial charge in [-0.25, -0.2) is 0 Å². The van der Waals surface area contributed by atoms with Crippen molar-refractivity contribution < 1.29 is 18.8 Å². The molecule has 8 nitrogen and oxygen atoms in total. The van der Waals surface area contributed by atoms with Crippen LogP contribution in [0.15, 0.2) is 53.5 Å². The van der Waals surface area contributed by atoms with Gasteiger partial charge < -0.3 is 19.5 Å². The van der Waals surface area contributed by atoms with Crippen LogP contribution in [0.25, 0.3) is 11.1 Å². The number of benzene rings is 1. The van der Waals surface area contributed by atoms with Gasteiger partial charge in [0.05, 0.1) is 6.20 Å². The molecule has 2 amide bonds. The van der Waals surface area contributed by atoms with Crippen molar-refractivity contribution in [3.05, 3.63) is 65.3 Å². The van der Waals surface area contributed by atoms with Gasteiger partial charge >= 0.3 is 0 Å². The van der Waals surface area contributed by atoms with Gasteiger partial charge in [0, 0.05) is 67.8 Å². The lowest BCUT2D eigenvalue weighted by atomic mass is 10.1. The lowest BCUT2D eigenvalue weighted by Crippen LogP contribution is -2.40. The summed E-state index contributed by atoms with van der Waals surface area (Å²) in [6.07, 6.45) is 6.01. The van der Waals surface area contributed by atoms with Gasteiger partial charge in [-0.3, -0.25) is 14.6 Å². The van der Waals surface area contributed by atoms with Crippen LogP contribution in [0.5, 0.6) is 5.75 Å². The van der Waals surface area contributed by atoms with E-state index in [0.717, 1.165) is 5.56 Å². The molecule has 1 aromatic carbocycles. The SMILES string of the molecule is CC(=O)N1CCC(Oc2cc(C(=O)NCc3ccc(Cl)cc3)ncc2-c2cnoc2)CC1. The van der Waals surface area contributed by atoms with Crippen LogP contribution in [0.2, 0.25) is 5.02 Å². The second-order valence-electron chi connectivity index (χ2n) is 7.61. The van der Waals surface area contributed by atoms with Gasteiger partial charge in [0.1, 0.15) is 23.8 Å². The van der Waals surface area contributed by atoms with Gasteiger partial charge in [0.25, 0.3) is 5.91 Å². The van der Waals surface area contributed by atoms with E-state index in [4.69, 9.17) is 20.9 Å². The van der Waals surface area contributed by atoms with Crippen LogP contribution in [-0.4, -0.2) is 46.0 Å². The summed E-state index contributed by atoms with van der Waals surface area (Å²) < 4.78 is 11.2. The minimum atomic E-state index is -0.312. The van der Waals surface area contributed by atoms with E-state index >= 15 is 0 Å². The first-order chi connectivity index (χ1) is 15.5. The number of pyridine rings is 1. The molecule has 0 radical (unpaired) electrons. The zero-order valence-corrected chi connectivity index (χ0v) is 18.3. The second kappa shape index (κ2) is 9.82. The topological polar surface area (TPSA) is 97.6 Å². The minimum absolute atomic E-state index is 0.0668. The number of likely N-dealkylation sites (tertiary alicyclic amines) is 1. The molecule has 1 N–H and O–H groups in total. The molecule has 0 spiro atoms. The van der Waals surface area contributed by atoms with Gasteiger partial charge in [-0.05, 0) is 17.7 Å². The number of ether oxygens (including phenoxy) is 1. The average Bonchev–Trinajstić information content (AvgIpc) is 3.33. The van der Waals surface area contributed by atoms with Crippen molar-refractivity contribution >= 4 is 23.4 Å². The number of piperidine rings is 1. The van der Waals surface area contributed by atoms with Gasteiger partial charge in [-0.15, -0.1) is 0 Å². The number of hydrogen-bond acceptors (Lipinski definition) is 6. The standard InChI is InChI=1S/C23H23ClN4O4/c1-15(29)28-8-6-19(7-9-28)32-22-10-21(25-13-20(22)17-12-27-31-14-17)23(30)26-11-16-2-4-18(24)5-3-16/h2-5,10,12-14,19H,6-9,11H2,1H3,(H,26,30). The van der Waals surface area contributed by atoms with E-state index in [1.807, 2.05) is 17.0 Å². The summed E-state index contributed by atoms with van der Waals surface area (Å²) in [4.78, 5) is 30.4. The van der Waals surface area contributed by atoms with Crippen molar-refractivity contribution in [3.8, 4) is 16.9 Å². The summed E-state index contributed by atoms with van der Waals surface area (Å²) in [6.45, 7) is 3.21. The fourth-order valence-electron chi connectivity index (χ4n) is 3.56. The van der Waals surface area contributed by atoms with Gasteiger partial charge in [-0.1, -0.05) is 28.9 Å². The Hall–Kier alpha value is -3.39. The van der Waals surface area contributed by atoms with E-state index in [9.17, 15) is 9.59 Å². The molecule has 2 aromatic heterocycles. The smallest absolute Gasteiger partial charge is 0.270 e. The highest BCUT2D eigenvalue weighted by Gasteiger charge is 2.24. The van der Waals surface area contributed by atoms with E-state index in [0.29, 0.717) is 54.4 Å². The molecule has 3 aromatic rings. The predicted molar refractivity (Wildman–Crippen MR) is 118 cm³/mol. The van der Waals surface area contributed by atoms with Crippen LogP contribution < -0.4 is 10.1 Å². The van der Waals surface area contributed by atoms with E-state index < -0.39 is 0 Å². The van der Waals surface area contributed by atoms with E-state index in [1.54, 1.807) is 37.5 Å². The summed E-state index contributed by atoms with van der Waals surface area (Å²) in [5, 5.41) is 7.26. The Bertz CT molecular complexity index is 1080. The maximum atomic E-state index is 12.7. The monoisotopic (exact) mass is 454 g/mol. The molecule has 0 aliphatic carbocycles. The van der Waals surface area contributed by atoms with Crippen molar-refractivity contribution in [2.75, 3.05) is 13.1 Å². The first-order valence-electron chi connectivity index (χ1n) is 10.3. The first-order valence-corrected chi connectivity index (χ1v) is 10.7. The molecule has 1 aliphatic heterocycles. The molecule has 0 saturated carbocycles. The van der Waals surface area contributed by atoms with Crippen molar-refractivity contribution in [1.82, 2.24) is 20.4 Å². The van der Waals surface area contributed by atoms with Crippen LogP contribution in [0.3, 0.4) is 0 Å². The maximum absolute atomic E-state index is 12.7. The lowest BCUT2D eigenvalue weighted by molar-refractivity contribution is -0.130. The third kappa shape index (κ3) is 5.26. The van der Waals surface area contributed by atoms with Gasteiger partial charge in [0.15, 0.2) is 0 Å². The number of amides is 2. The zero-order valence-electron chi connectivity index (χ0n) is 17.6. The fraction of sp³-hybridized carbons (Fsp3) is 0.304. The Kier molecular flexibility index (Phi) is 6.70. The molecule has 166 valence electrons. The van der Waals surface area contributed by atoms with Crippen molar-refractivity contribution in [2.45, 2.75) is 32.4 Å². The molecule has 1 fully saturated rings. The number of carbonyl (C=O) groups is 2. The Balaban J connectivity index is 1.50. The molecule has 3 heterocycles. The largest absolute Gasteiger partial charge is 0.489 e. The van der Waals surface area contributed by atoms with Crippen molar-refractivity contribution in [3.63, 3.8) is 0 Å². The van der Waals surface area contributed by atoms with Crippen LogP contribution in [0, 0.1) is 0 Å². The summed E-state index contributed by atoms with van der Waals surface area (Å²) in [5.41, 5.74) is 2.57. The first kappa shape index (κ1) is 21.8. The molecule has 1 aliphatic rings. The lowest BCUT2D eigenvalue weighted by Gasteiger charge is -2.31. The number of rotatable bonds is 6. The summed E-state index contributed by atoms with van der Waals surface area (Å²) >= 11 is 5.91. The Morgan fingerprint density at radius 1 is 1.22 bits per heavy atom. The third-order valence-corrected chi connectivity index (χ3v) is 5.64. The van der Waals surface area contributed by atoms with E-state index in [2.05, 4.69) is 15.5 Å². The Morgan fingerprint density at radius 2 is 1.97 bits per heavy atom.